The molecule has 1 aromatic heterocycles. The topological polar surface area (TPSA) is 66.4 Å². The van der Waals surface area contributed by atoms with E-state index in [1.54, 1.807) is 5.56 Å². The highest BCUT2D eigenvalue weighted by molar-refractivity contribution is 5.95. The molecule has 0 radical (unpaired) electrons. The lowest BCUT2D eigenvalue weighted by atomic mass is 9.56. The van der Waals surface area contributed by atoms with Crippen LogP contribution in [0.4, 0.5) is 0 Å². The number of benzene rings is 2. The Morgan fingerprint density at radius 2 is 1.79 bits per heavy atom. The Kier molecular flexibility index (Phi) is 6.34. The van der Waals surface area contributed by atoms with Gasteiger partial charge in [0.1, 0.15) is 0 Å². The van der Waals surface area contributed by atoms with Crippen molar-refractivity contribution in [1.82, 2.24) is 19.7 Å². The zero-order valence-corrected chi connectivity index (χ0v) is 26.0. The Morgan fingerprint density at radius 1 is 1.05 bits per heavy atom. The van der Waals surface area contributed by atoms with Crippen LogP contribution >= 0.6 is 0 Å². The molecule has 3 aliphatic heterocycles. The van der Waals surface area contributed by atoms with Crippen LogP contribution in [0.2, 0.25) is 0 Å². The van der Waals surface area contributed by atoms with Crippen molar-refractivity contribution in [2.24, 2.45) is 16.7 Å². The first-order valence-corrected chi connectivity index (χ1v) is 16.6. The predicted octanol–water partition coefficient (Wildman–Crippen LogP) is 6.78. The van der Waals surface area contributed by atoms with Gasteiger partial charge in [0.2, 0.25) is 0 Å². The second-order valence-electron chi connectivity index (χ2n) is 15.3. The molecule has 1 N–H and O–H groups in total. The zero-order chi connectivity index (χ0) is 29.5. The van der Waals surface area contributed by atoms with E-state index < -0.39 is 0 Å². The van der Waals surface area contributed by atoms with Gasteiger partial charge in [-0.2, -0.15) is 5.26 Å². The highest BCUT2D eigenvalue weighted by atomic mass is 16.2. The van der Waals surface area contributed by atoms with Crippen LogP contribution in [0.3, 0.4) is 0 Å². The van der Waals surface area contributed by atoms with Crippen molar-refractivity contribution in [3.05, 3.63) is 70.4 Å². The number of aromatic nitrogens is 1. The molecule has 6 nitrogen and oxygen atoms in total. The van der Waals surface area contributed by atoms with Crippen LogP contribution in [0.1, 0.15) is 96.9 Å². The Hall–Kier alpha value is -3.14. The number of amides is 1. The number of nitrogens with one attached hydrogen (secondary N) is 1. The average Bonchev–Trinajstić information content (AvgIpc) is 3.66. The molecule has 2 spiro atoms. The van der Waals surface area contributed by atoms with Crippen LogP contribution in [0.15, 0.2) is 42.6 Å². The number of likely N-dealkylation sites (tertiary alicyclic amines) is 3. The molecule has 4 heterocycles. The molecule has 5 aliphatic rings. The van der Waals surface area contributed by atoms with E-state index in [9.17, 15) is 10.1 Å². The maximum absolute atomic E-state index is 13.4. The highest BCUT2D eigenvalue weighted by Crippen LogP contribution is 2.57. The number of carbonyl (C=O) groups excluding carboxylic acids is 1. The minimum atomic E-state index is 0.177. The minimum Gasteiger partial charge on any atom is -0.361 e. The smallest absolute Gasteiger partial charge is 0.253 e. The van der Waals surface area contributed by atoms with E-state index in [2.05, 4.69) is 84.2 Å². The summed E-state index contributed by atoms with van der Waals surface area (Å²) in [5.74, 6) is 1.09. The van der Waals surface area contributed by atoms with Gasteiger partial charge in [-0.05, 0) is 118 Å². The van der Waals surface area contributed by atoms with E-state index >= 15 is 0 Å². The van der Waals surface area contributed by atoms with Crippen molar-refractivity contribution in [2.75, 3.05) is 32.7 Å². The van der Waals surface area contributed by atoms with Crippen molar-refractivity contribution in [2.45, 2.75) is 83.8 Å². The van der Waals surface area contributed by atoms with Crippen molar-refractivity contribution in [1.29, 1.82) is 5.26 Å². The number of nitriles is 1. The number of H-pyrrole nitrogens is 1. The molecule has 1 amide bonds. The molecule has 8 rings (SSSR count). The Morgan fingerprint density at radius 3 is 2.47 bits per heavy atom. The molecule has 2 aromatic carbocycles. The number of aryl methyl sites for hydroxylation is 1. The summed E-state index contributed by atoms with van der Waals surface area (Å²) in [6, 6.07) is 16.7. The highest BCUT2D eigenvalue weighted by Gasteiger charge is 2.53. The third-order valence-corrected chi connectivity index (χ3v) is 11.8. The normalized spacial score (nSPS) is 28.6. The summed E-state index contributed by atoms with van der Waals surface area (Å²) in [6.45, 7) is 12.8. The number of aromatic amines is 1. The van der Waals surface area contributed by atoms with Gasteiger partial charge in [-0.3, -0.25) is 14.6 Å². The number of hydrogen-bond donors (Lipinski definition) is 1. The summed E-state index contributed by atoms with van der Waals surface area (Å²) >= 11 is 0. The van der Waals surface area contributed by atoms with E-state index in [0.29, 0.717) is 23.4 Å². The molecule has 2 aliphatic carbocycles. The average molecular weight is 576 g/mol. The van der Waals surface area contributed by atoms with Gasteiger partial charge in [0.05, 0.1) is 6.07 Å². The lowest BCUT2D eigenvalue weighted by molar-refractivity contribution is -0.109. The fraction of sp³-hybridized carbons (Fsp3) is 0.568. The largest absolute Gasteiger partial charge is 0.361 e. The van der Waals surface area contributed by atoms with Gasteiger partial charge in [0, 0.05) is 78.8 Å². The number of nitrogens with zero attached hydrogens (tertiary/aromatic N) is 4. The minimum absolute atomic E-state index is 0.177. The summed E-state index contributed by atoms with van der Waals surface area (Å²) in [7, 11) is 0. The lowest BCUT2D eigenvalue weighted by Crippen LogP contribution is -2.73. The van der Waals surface area contributed by atoms with Gasteiger partial charge in [-0.1, -0.05) is 18.2 Å². The molecule has 2 saturated carbocycles. The monoisotopic (exact) mass is 575 g/mol. The first-order chi connectivity index (χ1) is 20.8. The number of fused-ring (bicyclic) bond motifs is 1. The first kappa shape index (κ1) is 27.4. The molecule has 0 bridgehead atoms. The summed E-state index contributed by atoms with van der Waals surface area (Å²) < 4.78 is 0. The summed E-state index contributed by atoms with van der Waals surface area (Å²) in [5, 5.41) is 10.9. The van der Waals surface area contributed by atoms with Crippen molar-refractivity contribution in [3.63, 3.8) is 0 Å². The quantitative estimate of drug-likeness (QED) is 0.352. The van der Waals surface area contributed by atoms with Crippen LogP contribution in [-0.2, 0) is 6.54 Å². The molecule has 6 heteroatoms. The van der Waals surface area contributed by atoms with E-state index in [1.807, 2.05) is 4.90 Å². The van der Waals surface area contributed by atoms with Gasteiger partial charge in [0.25, 0.3) is 5.91 Å². The number of hydrogen-bond acceptors (Lipinski definition) is 4. The van der Waals surface area contributed by atoms with E-state index in [0.717, 1.165) is 64.1 Å². The Labute approximate surface area is 256 Å². The molecule has 1 unspecified atom stereocenters. The lowest BCUT2D eigenvalue weighted by Gasteiger charge is -2.61. The van der Waals surface area contributed by atoms with Crippen LogP contribution < -0.4 is 0 Å². The first-order valence-electron chi connectivity index (χ1n) is 16.6. The summed E-state index contributed by atoms with van der Waals surface area (Å²) in [5.41, 5.74) is 8.41. The molecule has 1 atom stereocenters. The van der Waals surface area contributed by atoms with E-state index in [-0.39, 0.29) is 17.2 Å². The standard InChI is InChI=1S/C37H45N5O/c1-24(2)41-20-37(21-41)22-42(23-37)35(43)29-8-6-28(7-9-29)33-17-36(15-26(16-36)18-38)11-13-40(33)19-32-30-10-12-39-34(30)25(3)14-31(32)27-4-5-27/h6-10,12,14,24,26-27,33,39H,4-5,11,13,15-17,19-23H2,1-3H3. The molecule has 3 aromatic rings. The SMILES string of the molecule is Cc1cc(C2CC2)c(CN2CCC3(CC(C#N)C3)CC2c2ccc(C(=O)N3CC4(C3)CN(C(C)C)C4)cc2)c2cc[nH]c12. The second kappa shape index (κ2) is 9.94. The zero-order valence-electron chi connectivity index (χ0n) is 26.0. The summed E-state index contributed by atoms with van der Waals surface area (Å²) in [4.78, 5) is 24.2. The molecular weight excluding hydrogens is 530 g/mol. The van der Waals surface area contributed by atoms with Crippen LogP contribution in [-0.4, -0.2) is 64.4 Å². The van der Waals surface area contributed by atoms with Gasteiger partial charge < -0.3 is 9.88 Å². The Bertz CT molecular complexity index is 1590. The van der Waals surface area contributed by atoms with Gasteiger partial charge in [-0.15, -0.1) is 0 Å². The van der Waals surface area contributed by atoms with Gasteiger partial charge in [0.15, 0.2) is 0 Å². The molecule has 5 fully saturated rings. The fourth-order valence-corrected chi connectivity index (χ4v) is 9.09. The van der Waals surface area contributed by atoms with Gasteiger partial charge >= 0.3 is 0 Å². The number of rotatable bonds is 6. The molecular formula is C37H45N5O. The number of carbonyl (C=O) groups is 1. The maximum Gasteiger partial charge on any atom is 0.253 e. The van der Waals surface area contributed by atoms with Crippen LogP contribution in [0.25, 0.3) is 10.9 Å². The predicted molar refractivity (Wildman–Crippen MR) is 170 cm³/mol. The van der Waals surface area contributed by atoms with Crippen LogP contribution in [0.5, 0.6) is 0 Å². The second-order valence-corrected chi connectivity index (χ2v) is 15.3. The molecule has 224 valence electrons. The van der Waals surface area contributed by atoms with Crippen molar-refractivity contribution >= 4 is 16.8 Å². The van der Waals surface area contributed by atoms with Crippen molar-refractivity contribution in [3.8, 4) is 6.07 Å². The van der Waals surface area contributed by atoms with Crippen LogP contribution in [0, 0.1) is 35.0 Å². The van der Waals surface area contributed by atoms with E-state index in [1.165, 1.54) is 46.9 Å². The Balaban J connectivity index is 1.04. The number of piperidine rings is 1. The van der Waals surface area contributed by atoms with E-state index in [4.69, 9.17) is 0 Å². The van der Waals surface area contributed by atoms with Crippen molar-refractivity contribution < 1.29 is 4.79 Å². The molecule has 43 heavy (non-hydrogen) atoms. The molecule has 3 saturated heterocycles. The summed E-state index contributed by atoms with van der Waals surface area (Å²) in [6.07, 6.45) is 9.04. The third kappa shape index (κ3) is 4.62. The maximum atomic E-state index is 13.4. The third-order valence-electron chi connectivity index (χ3n) is 11.8. The van der Waals surface area contributed by atoms with Gasteiger partial charge in [-0.25, -0.2) is 0 Å². The fourth-order valence-electron chi connectivity index (χ4n) is 9.09.